The molecule has 0 bridgehead atoms. The zero-order valence-electron chi connectivity index (χ0n) is 18.4. The molecule has 0 saturated carbocycles. The SMILES string of the molecule is Br.CN1C(c2ccc(F)cc2)=CS/C1=C(/C#N)c1nnc(N2CCOCC2)n1-c1ccccc1. The van der Waals surface area contributed by atoms with Crippen molar-refractivity contribution in [2.24, 2.45) is 0 Å². The van der Waals surface area contributed by atoms with Gasteiger partial charge < -0.3 is 14.5 Å². The molecule has 2 aliphatic heterocycles. The lowest BCUT2D eigenvalue weighted by molar-refractivity contribution is 0.122. The van der Waals surface area contributed by atoms with Gasteiger partial charge in [-0.3, -0.25) is 4.57 Å². The molecule has 0 N–H and O–H groups in total. The molecule has 5 rings (SSSR count). The second-order valence-electron chi connectivity index (χ2n) is 7.57. The minimum absolute atomic E-state index is 0. The third kappa shape index (κ3) is 4.46. The van der Waals surface area contributed by atoms with Crippen LogP contribution in [0.15, 0.2) is 65.0 Å². The van der Waals surface area contributed by atoms with E-state index in [4.69, 9.17) is 4.74 Å². The lowest BCUT2D eigenvalue weighted by atomic mass is 10.1. The Morgan fingerprint density at radius 1 is 1.06 bits per heavy atom. The first-order valence-electron chi connectivity index (χ1n) is 10.5. The fourth-order valence-corrected chi connectivity index (χ4v) is 4.93. The third-order valence-electron chi connectivity index (χ3n) is 5.59. The molecule has 1 saturated heterocycles. The second-order valence-corrected chi connectivity index (χ2v) is 8.43. The Morgan fingerprint density at radius 3 is 2.44 bits per heavy atom. The number of morpholine rings is 1. The van der Waals surface area contributed by atoms with Crippen LogP contribution in [0.3, 0.4) is 0 Å². The highest BCUT2D eigenvalue weighted by atomic mass is 79.9. The first-order chi connectivity index (χ1) is 16.2. The molecule has 3 heterocycles. The lowest BCUT2D eigenvalue weighted by Crippen LogP contribution is -2.38. The van der Waals surface area contributed by atoms with Gasteiger partial charge in [-0.05, 0) is 42.0 Å². The maximum atomic E-state index is 13.4. The van der Waals surface area contributed by atoms with Crippen LogP contribution in [-0.4, -0.2) is 53.0 Å². The van der Waals surface area contributed by atoms with E-state index in [2.05, 4.69) is 21.2 Å². The first kappa shape index (κ1) is 24.0. The van der Waals surface area contributed by atoms with Crippen LogP contribution in [0.2, 0.25) is 0 Å². The van der Waals surface area contributed by atoms with Crippen LogP contribution in [0.5, 0.6) is 0 Å². The van der Waals surface area contributed by atoms with E-state index in [-0.39, 0.29) is 22.8 Å². The summed E-state index contributed by atoms with van der Waals surface area (Å²) >= 11 is 1.45. The summed E-state index contributed by atoms with van der Waals surface area (Å²) in [5.74, 6) is 0.881. The van der Waals surface area contributed by atoms with Crippen LogP contribution in [0, 0.1) is 17.1 Å². The number of para-hydroxylation sites is 1. The van der Waals surface area contributed by atoms with Crippen molar-refractivity contribution in [1.29, 1.82) is 5.26 Å². The molecule has 2 aliphatic rings. The summed E-state index contributed by atoms with van der Waals surface area (Å²) in [6.07, 6.45) is 0. The third-order valence-corrected chi connectivity index (χ3v) is 6.63. The predicted molar refractivity (Wildman–Crippen MR) is 137 cm³/mol. The second kappa shape index (κ2) is 10.4. The number of allylic oxidation sites excluding steroid dienone is 1. The summed E-state index contributed by atoms with van der Waals surface area (Å²) in [7, 11) is 1.90. The van der Waals surface area contributed by atoms with Crippen molar-refractivity contribution in [3.63, 3.8) is 0 Å². The molecule has 0 unspecified atom stereocenters. The van der Waals surface area contributed by atoms with Crippen molar-refractivity contribution < 1.29 is 9.13 Å². The molecule has 2 aromatic carbocycles. The quantitative estimate of drug-likeness (QED) is 0.444. The molecule has 0 spiro atoms. The highest BCUT2D eigenvalue weighted by Gasteiger charge is 2.29. The van der Waals surface area contributed by atoms with E-state index in [1.165, 1.54) is 23.9 Å². The molecule has 7 nitrogen and oxygen atoms in total. The molecule has 0 radical (unpaired) electrons. The minimum Gasteiger partial charge on any atom is -0.378 e. The van der Waals surface area contributed by atoms with Gasteiger partial charge in [0.1, 0.15) is 22.5 Å². The Morgan fingerprint density at radius 2 is 1.76 bits per heavy atom. The normalized spacial score (nSPS) is 17.1. The number of anilines is 1. The average molecular weight is 541 g/mol. The number of rotatable bonds is 4. The van der Waals surface area contributed by atoms with E-state index in [0.717, 1.165) is 22.0 Å². The van der Waals surface area contributed by atoms with E-state index in [1.54, 1.807) is 12.1 Å². The standard InChI is InChI=1S/C24H21FN6OS.BrH/c1-29-21(17-7-9-18(25)10-8-17)16-33-23(29)20(15-26)22-27-28-24(30-11-13-32-14-12-30)31(22)19-5-3-2-4-6-19;/h2-10,16H,11-14H2,1H3;1H/b23-20-;. The van der Waals surface area contributed by atoms with Crippen molar-refractivity contribution in [3.8, 4) is 11.8 Å². The maximum absolute atomic E-state index is 13.4. The van der Waals surface area contributed by atoms with E-state index in [0.29, 0.717) is 43.6 Å². The summed E-state index contributed by atoms with van der Waals surface area (Å²) < 4.78 is 20.8. The maximum Gasteiger partial charge on any atom is 0.232 e. The van der Waals surface area contributed by atoms with Crippen LogP contribution in [0.4, 0.5) is 10.3 Å². The van der Waals surface area contributed by atoms with Crippen molar-refractivity contribution >= 4 is 46.0 Å². The molecule has 34 heavy (non-hydrogen) atoms. The molecule has 174 valence electrons. The highest BCUT2D eigenvalue weighted by molar-refractivity contribution is 8.93. The van der Waals surface area contributed by atoms with Gasteiger partial charge in [-0.15, -0.1) is 27.2 Å². The average Bonchev–Trinajstić information content (AvgIpc) is 3.46. The summed E-state index contributed by atoms with van der Waals surface area (Å²) in [4.78, 5) is 4.06. The summed E-state index contributed by atoms with van der Waals surface area (Å²) in [6.45, 7) is 2.64. The van der Waals surface area contributed by atoms with Gasteiger partial charge in [0.05, 0.1) is 24.6 Å². The van der Waals surface area contributed by atoms with Crippen LogP contribution >= 0.6 is 28.7 Å². The summed E-state index contributed by atoms with van der Waals surface area (Å²) in [6, 6.07) is 18.5. The molecular formula is C24H22BrFN6OS. The first-order valence-corrected chi connectivity index (χ1v) is 11.4. The van der Waals surface area contributed by atoms with Crippen molar-refractivity contribution in [2.45, 2.75) is 0 Å². The van der Waals surface area contributed by atoms with Crippen LogP contribution < -0.4 is 4.90 Å². The Hall–Kier alpha value is -3.13. The number of aromatic nitrogens is 3. The van der Waals surface area contributed by atoms with E-state index in [9.17, 15) is 9.65 Å². The van der Waals surface area contributed by atoms with Gasteiger partial charge in [-0.25, -0.2) is 4.39 Å². The van der Waals surface area contributed by atoms with Crippen LogP contribution in [-0.2, 0) is 4.74 Å². The van der Waals surface area contributed by atoms with E-state index >= 15 is 0 Å². The monoisotopic (exact) mass is 540 g/mol. The fraction of sp³-hybridized carbons (Fsp3) is 0.208. The molecule has 1 fully saturated rings. The van der Waals surface area contributed by atoms with Crippen molar-refractivity contribution in [3.05, 3.63) is 82.2 Å². The predicted octanol–water partition coefficient (Wildman–Crippen LogP) is 4.69. The minimum atomic E-state index is -0.285. The molecule has 0 amide bonds. The number of benzene rings is 2. The Kier molecular flexibility index (Phi) is 7.36. The number of halogens is 2. The topological polar surface area (TPSA) is 70.2 Å². The highest BCUT2D eigenvalue weighted by Crippen LogP contribution is 2.42. The van der Waals surface area contributed by atoms with Gasteiger partial charge in [0.2, 0.25) is 5.95 Å². The summed E-state index contributed by atoms with van der Waals surface area (Å²) in [5.41, 5.74) is 3.07. The van der Waals surface area contributed by atoms with E-state index in [1.807, 2.05) is 52.3 Å². The molecule has 1 aromatic heterocycles. The lowest BCUT2D eigenvalue weighted by Gasteiger charge is -2.28. The van der Waals surface area contributed by atoms with Crippen LogP contribution in [0.25, 0.3) is 17.0 Å². The van der Waals surface area contributed by atoms with Crippen molar-refractivity contribution in [1.82, 2.24) is 19.7 Å². The van der Waals surface area contributed by atoms with Gasteiger partial charge in [-0.1, -0.05) is 30.0 Å². The number of nitriles is 1. The van der Waals surface area contributed by atoms with Gasteiger partial charge in [-0.2, -0.15) is 5.26 Å². The van der Waals surface area contributed by atoms with Gasteiger partial charge in [0, 0.05) is 25.5 Å². The molecule has 3 aromatic rings. The number of hydrogen-bond acceptors (Lipinski definition) is 7. The smallest absolute Gasteiger partial charge is 0.232 e. The summed E-state index contributed by atoms with van der Waals surface area (Å²) in [5, 5.41) is 21.9. The molecule has 0 aliphatic carbocycles. The van der Waals surface area contributed by atoms with Crippen molar-refractivity contribution in [2.75, 3.05) is 38.3 Å². The number of hydrogen-bond donors (Lipinski definition) is 0. The van der Waals surface area contributed by atoms with Gasteiger partial charge in [0.25, 0.3) is 0 Å². The largest absolute Gasteiger partial charge is 0.378 e. The molecule has 10 heteroatoms. The van der Waals surface area contributed by atoms with Gasteiger partial charge in [0.15, 0.2) is 5.82 Å². The number of ether oxygens (including phenoxy) is 1. The number of thioether (sulfide) groups is 1. The molecule has 0 atom stereocenters. The number of nitrogens with zero attached hydrogens (tertiary/aromatic N) is 6. The van der Waals surface area contributed by atoms with E-state index < -0.39 is 0 Å². The van der Waals surface area contributed by atoms with Gasteiger partial charge >= 0.3 is 0 Å². The molecular weight excluding hydrogens is 519 g/mol. The Balaban J connectivity index is 0.00000274. The zero-order chi connectivity index (χ0) is 22.8. The Bertz CT molecular complexity index is 1260. The fourth-order valence-electron chi connectivity index (χ4n) is 3.90. The van der Waals surface area contributed by atoms with Crippen LogP contribution in [0.1, 0.15) is 11.4 Å². The Labute approximate surface area is 211 Å². The zero-order valence-corrected chi connectivity index (χ0v) is 20.9.